The zero-order valence-electron chi connectivity index (χ0n) is 13.9. The summed E-state index contributed by atoms with van der Waals surface area (Å²) in [5.41, 5.74) is 1.62. The maximum atomic E-state index is 12.2. The Bertz CT molecular complexity index is 692. The summed E-state index contributed by atoms with van der Waals surface area (Å²) in [5.74, 6) is -0.0812. The van der Waals surface area contributed by atoms with Crippen LogP contribution in [0.2, 0.25) is 0 Å². The predicted octanol–water partition coefficient (Wildman–Crippen LogP) is 1.89. The highest BCUT2D eigenvalue weighted by Gasteiger charge is 2.23. The van der Waals surface area contributed by atoms with Crippen LogP contribution >= 0.6 is 11.3 Å². The highest BCUT2D eigenvalue weighted by Crippen LogP contribution is 2.21. The second kappa shape index (κ2) is 6.80. The number of aryl methyl sites for hydroxylation is 3. The molecule has 0 spiro atoms. The fourth-order valence-corrected chi connectivity index (χ4v) is 4.02. The van der Waals surface area contributed by atoms with E-state index in [-0.39, 0.29) is 11.9 Å². The summed E-state index contributed by atoms with van der Waals surface area (Å²) in [7, 11) is 1.82. The van der Waals surface area contributed by atoms with Crippen molar-refractivity contribution in [1.29, 1.82) is 0 Å². The van der Waals surface area contributed by atoms with Crippen molar-refractivity contribution in [1.82, 2.24) is 25.0 Å². The molecule has 23 heavy (non-hydrogen) atoms. The summed E-state index contributed by atoms with van der Waals surface area (Å²) >= 11 is 1.77. The van der Waals surface area contributed by atoms with Crippen molar-refractivity contribution in [3.63, 3.8) is 0 Å². The molecule has 6 nitrogen and oxygen atoms in total. The first-order valence-corrected chi connectivity index (χ1v) is 8.78. The first-order valence-electron chi connectivity index (χ1n) is 7.97. The molecule has 0 aromatic carbocycles. The zero-order valence-corrected chi connectivity index (χ0v) is 14.7. The predicted molar refractivity (Wildman–Crippen MR) is 90.6 cm³/mol. The van der Waals surface area contributed by atoms with Gasteiger partial charge in [0.1, 0.15) is 5.69 Å². The smallest absolute Gasteiger partial charge is 0.272 e. The molecule has 2 aromatic rings. The maximum Gasteiger partial charge on any atom is 0.272 e. The largest absolute Gasteiger partial charge is 0.347 e. The number of piperidine rings is 1. The molecule has 2 aromatic heterocycles. The Labute approximate surface area is 140 Å². The average Bonchev–Trinajstić information content (AvgIpc) is 3.05. The van der Waals surface area contributed by atoms with Crippen LogP contribution in [0.1, 0.15) is 38.9 Å². The molecule has 0 aliphatic carbocycles. The molecule has 0 radical (unpaired) electrons. The monoisotopic (exact) mass is 333 g/mol. The molecular weight excluding hydrogens is 310 g/mol. The van der Waals surface area contributed by atoms with Crippen LogP contribution < -0.4 is 5.32 Å². The lowest BCUT2D eigenvalue weighted by Crippen LogP contribution is -2.47. The van der Waals surface area contributed by atoms with Crippen LogP contribution in [0.3, 0.4) is 0 Å². The fraction of sp³-hybridized carbons (Fsp3) is 0.562. The van der Waals surface area contributed by atoms with Gasteiger partial charge in [-0.25, -0.2) is 4.98 Å². The Balaban J connectivity index is 1.57. The van der Waals surface area contributed by atoms with Crippen molar-refractivity contribution < 1.29 is 4.79 Å². The number of hydrogen-bond donors (Lipinski definition) is 1. The SMILES string of the molecule is Cc1nc(C)c(CN2CCCC(NC(=O)c3ccn(C)n3)C2)s1. The third kappa shape index (κ3) is 3.97. The molecule has 7 heteroatoms. The van der Waals surface area contributed by atoms with Gasteiger partial charge in [-0.3, -0.25) is 14.4 Å². The van der Waals surface area contributed by atoms with E-state index in [1.54, 1.807) is 28.3 Å². The van der Waals surface area contributed by atoms with Crippen molar-refractivity contribution in [3.05, 3.63) is 33.5 Å². The minimum atomic E-state index is -0.0812. The zero-order chi connectivity index (χ0) is 16.4. The van der Waals surface area contributed by atoms with Crippen LogP contribution in [0.4, 0.5) is 0 Å². The molecular formula is C16H23N5OS. The van der Waals surface area contributed by atoms with Gasteiger partial charge in [-0.05, 0) is 39.3 Å². The molecule has 1 aliphatic heterocycles. The van der Waals surface area contributed by atoms with E-state index in [0.29, 0.717) is 5.69 Å². The third-order valence-corrected chi connectivity index (χ3v) is 5.21. The van der Waals surface area contributed by atoms with Crippen molar-refractivity contribution in [3.8, 4) is 0 Å². The molecule has 124 valence electrons. The van der Waals surface area contributed by atoms with Crippen LogP contribution in [0.25, 0.3) is 0 Å². The molecule has 1 amide bonds. The fourth-order valence-electron chi connectivity index (χ4n) is 3.04. The minimum absolute atomic E-state index is 0.0812. The number of amides is 1. The van der Waals surface area contributed by atoms with Gasteiger partial charge < -0.3 is 5.32 Å². The first-order chi connectivity index (χ1) is 11.0. The molecule has 1 unspecified atom stereocenters. The van der Waals surface area contributed by atoms with Gasteiger partial charge >= 0.3 is 0 Å². The molecule has 3 rings (SSSR count). The van der Waals surface area contributed by atoms with Gasteiger partial charge in [0.15, 0.2) is 0 Å². The van der Waals surface area contributed by atoms with E-state index in [2.05, 4.69) is 27.2 Å². The Morgan fingerprint density at radius 2 is 2.30 bits per heavy atom. The molecule has 3 heterocycles. The molecule has 1 saturated heterocycles. The first kappa shape index (κ1) is 16.1. The number of carbonyl (C=O) groups is 1. The van der Waals surface area contributed by atoms with Gasteiger partial charge in [0.2, 0.25) is 0 Å². The van der Waals surface area contributed by atoms with Gasteiger partial charge in [0, 0.05) is 37.3 Å². The number of aromatic nitrogens is 3. The van der Waals surface area contributed by atoms with Gasteiger partial charge in [-0.15, -0.1) is 11.3 Å². The van der Waals surface area contributed by atoms with E-state index < -0.39 is 0 Å². The number of nitrogens with one attached hydrogen (secondary N) is 1. The van der Waals surface area contributed by atoms with E-state index in [1.165, 1.54) is 4.88 Å². The highest BCUT2D eigenvalue weighted by molar-refractivity contribution is 7.11. The number of nitrogens with zero attached hydrogens (tertiary/aromatic N) is 4. The topological polar surface area (TPSA) is 63.1 Å². The standard InChI is InChI=1S/C16H23N5OS/c1-11-15(23-12(2)17-11)10-21-7-4-5-13(9-21)18-16(22)14-6-8-20(3)19-14/h6,8,13H,4-5,7,9-10H2,1-3H3,(H,18,22). The number of carbonyl (C=O) groups excluding carboxylic acids is 1. The highest BCUT2D eigenvalue weighted by atomic mass is 32.1. The van der Waals surface area contributed by atoms with Crippen LogP contribution in [0.15, 0.2) is 12.3 Å². The normalized spacial score (nSPS) is 19.0. The van der Waals surface area contributed by atoms with Crippen molar-refractivity contribution in [2.45, 2.75) is 39.3 Å². The van der Waals surface area contributed by atoms with Gasteiger partial charge in [0.05, 0.1) is 10.7 Å². The van der Waals surface area contributed by atoms with Crippen LogP contribution in [-0.4, -0.2) is 44.7 Å². The number of rotatable bonds is 4. The van der Waals surface area contributed by atoms with E-state index in [9.17, 15) is 4.79 Å². The molecule has 1 N–H and O–H groups in total. The summed E-state index contributed by atoms with van der Waals surface area (Å²) in [6, 6.07) is 1.94. The minimum Gasteiger partial charge on any atom is -0.347 e. The van der Waals surface area contributed by atoms with Crippen LogP contribution in [0.5, 0.6) is 0 Å². The molecule has 0 bridgehead atoms. The number of likely N-dealkylation sites (tertiary alicyclic amines) is 1. The van der Waals surface area contributed by atoms with Crippen LogP contribution in [0, 0.1) is 13.8 Å². The maximum absolute atomic E-state index is 12.2. The lowest BCUT2D eigenvalue weighted by atomic mass is 10.1. The summed E-state index contributed by atoms with van der Waals surface area (Å²) in [5, 5.41) is 8.40. The second-order valence-electron chi connectivity index (χ2n) is 6.16. The van der Waals surface area contributed by atoms with Gasteiger partial charge in [-0.2, -0.15) is 5.10 Å². The molecule has 0 saturated carbocycles. The van der Waals surface area contributed by atoms with E-state index >= 15 is 0 Å². The molecule has 1 fully saturated rings. The summed E-state index contributed by atoms with van der Waals surface area (Å²) in [6.45, 7) is 7.00. The van der Waals surface area contributed by atoms with E-state index in [4.69, 9.17) is 0 Å². The number of thiazole rings is 1. The molecule has 1 aliphatic rings. The Hall–Kier alpha value is -1.73. The lowest BCUT2D eigenvalue weighted by Gasteiger charge is -2.32. The van der Waals surface area contributed by atoms with E-state index in [0.717, 1.165) is 43.2 Å². The summed E-state index contributed by atoms with van der Waals surface area (Å²) in [6.07, 6.45) is 3.91. The van der Waals surface area contributed by atoms with Crippen molar-refractivity contribution in [2.75, 3.05) is 13.1 Å². The quantitative estimate of drug-likeness (QED) is 0.928. The summed E-state index contributed by atoms with van der Waals surface area (Å²) < 4.78 is 1.65. The molecule has 1 atom stereocenters. The Morgan fingerprint density at radius 1 is 1.48 bits per heavy atom. The Morgan fingerprint density at radius 3 is 2.96 bits per heavy atom. The van der Waals surface area contributed by atoms with Gasteiger partial charge in [-0.1, -0.05) is 0 Å². The van der Waals surface area contributed by atoms with E-state index in [1.807, 2.05) is 14.0 Å². The van der Waals surface area contributed by atoms with Crippen LogP contribution in [-0.2, 0) is 13.6 Å². The third-order valence-electron chi connectivity index (χ3n) is 4.15. The number of hydrogen-bond acceptors (Lipinski definition) is 5. The van der Waals surface area contributed by atoms with Gasteiger partial charge in [0.25, 0.3) is 5.91 Å². The van der Waals surface area contributed by atoms with Crippen molar-refractivity contribution in [2.24, 2.45) is 7.05 Å². The lowest BCUT2D eigenvalue weighted by molar-refractivity contribution is 0.0895. The Kier molecular flexibility index (Phi) is 4.77. The average molecular weight is 333 g/mol. The second-order valence-corrected chi connectivity index (χ2v) is 7.45. The summed E-state index contributed by atoms with van der Waals surface area (Å²) in [4.78, 5) is 20.5. The van der Waals surface area contributed by atoms with Crippen molar-refractivity contribution >= 4 is 17.2 Å².